The molecule has 10 atom stereocenters. The van der Waals surface area contributed by atoms with Crippen molar-refractivity contribution in [3.8, 4) is 0 Å². The molecule has 1 aromatic carbocycles. The first-order chi connectivity index (χ1) is 14.7. The molecule has 1 unspecified atom stereocenters. The van der Waals surface area contributed by atoms with Crippen molar-refractivity contribution in [2.45, 2.75) is 67.1 Å². The monoisotopic (exact) mass is 446 g/mol. The molecule has 3 rings (SSSR count). The summed E-state index contributed by atoms with van der Waals surface area (Å²) in [6.07, 6.45) is -15.1. The van der Waals surface area contributed by atoms with Crippen LogP contribution in [0.1, 0.15) is 5.56 Å². The van der Waals surface area contributed by atoms with Crippen LogP contribution in [0.3, 0.4) is 0 Å². The van der Waals surface area contributed by atoms with Gasteiger partial charge in [0.05, 0.1) is 19.8 Å². The van der Waals surface area contributed by atoms with Crippen molar-refractivity contribution in [1.29, 1.82) is 0 Å². The van der Waals surface area contributed by atoms with Gasteiger partial charge in [-0.1, -0.05) is 30.3 Å². The molecule has 2 fully saturated rings. The van der Waals surface area contributed by atoms with E-state index < -0.39 is 73.9 Å². The lowest BCUT2D eigenvalue weighted by atomic mass is 9.77. The fraction of sp³-hybridized carbons (Fsp3) is 0.700. The molecular formula is C20H30O11. The number of ether oxygens (including phenoxy) is 3. The third-order valence-electron chi connectivity index (χ3n) is 5.86. The normalized spacial score (nSPS) is 42.3. The zero-order valence-electron chi connectivity index (χ0n) is 16.7. The Kier molecular flexibility index (Phi) is 8.00. The van der Waals surface area contributed by atoms with Gasteiger partial charge >= 0.3 is 0 Å². The van der Waals surface area contributed by atoms with Crippen molar-refractivity contribution in [1.82, 2.24) is 0 Å². The minimum Gasteiger partial charge on any atom is -0.394 e. The van der Waals surface area contributed by atoms with Gasteiger partial charge in [-0.05, 0) is 12.0 Å². The van der Waals surface area contributed by atoms with E-state index in [0.717, 1.165) is 5.56 Å². The highest BCUT2D eigenvalue weighted by molar-refractivity contribution is 5.15. The molecule has 2 saturated heterocycles. The van der Waals surface area contributed by atoms with Crippen molar-refractivity contribution in [3.05, 3.63) is 35.9 Å². The number of benzene rings is 1. The SMILES string of the molecule is OC[C@H]1O[C@H](OCCc2ccccc2)[C@@](O)(C(O)[C@H]2OC[C@H](O)[C@@H](O)[C@@H]2O)[C@@H](O)[C@@H]1O. The molecule has 0 bridgehead atoms. The third kappa shape index (κ3) is 4.77. The fourth-order valence-electron chi connectivity index (χ4n) is 3.90. The van der Waals surface area contributed by atoms with Gasteiger partial charge in [0.1, 0.15) is 48.8 Å². The first-order valence-electron chi connectivity index (χ1n) is 10.1. The van der Waals surface area contributed by atoms with Crippen LogP contribution >= 0.6 is 0 Å². The molecule has 11 heteroatoms. The van der Waals surface area contributed by atoms with Crippen molar-refractivity contribution in [3.63, 3.8) is 0 Å². The predicted octanol–water partition coefficient (Wildman–Crippen LogP) is -3.74. The van der Waals surface area contributed by atoms with Gasteiger partial charge in [0.25, 0.3) is 0 Å². The number of aliphatic hydroxyl groups excluding tert-OH is 7. The minimum absolute atomic E-state index is 0.0138. The number of hydrogen-bond donors (Lipinski definition) is 8. The Morgan fingerprint density at radius 3 is 2.35 bits per heavy atom. The predicted molar refractivity (Wildman–Crippen MR) is 103 cm³/mol. The number of rotatable bonds is 7. The summed E-state index contributed by atoms with van der Waals surface area (Å²) in [4.78, 5) is 0. The van der Waals surface area contributed by atoms with Crippen LogP contribution in [0.25, 0.3) is 0 Å². The van der Waals surface area contributed by atoms with Gasteiger partial charge in [0.2, 0.25) is 0 Å². The van der Waals surface area contributed by atoms with Gasteiger partial charge in [-0.25, -0.2) is 0 Å². The summed E-state index contributed by atoms with van der Waals surface area (Å²) in [5.74, 6) is 0. The Balaban J connectivity index is 1.81. The first-order valence-corrected chi connectivity index (χ1v) is 10.1. The van der Waals surface area contributed by atoms with Crippen LogP contribution < -0.4 is 0 Å². The highest BCUT2D eigenvalue weighted by atomic mass is 16.7. The van der Waals surface area contributed by atoms with Gasteiger partial charge in [0.15, 0.2) is 11.9 Å². The van der Waals surface area contributed by atoms with Gasteiger partial charge < -0.3 is 55.1 Å². The molecule has 1 aromatic rings. The van der Waals surface area contributed by atoms with Crippen LogP contribution in [0.4, 0.5) is 0 Å². The Labute approximate surface area is 178 Å². The van der Waals surface area contributed by atoms with E-state index in [0.29, 0.717) is 6.42 Å². The second kappa shape index (κ2) is 10.1. The largest absolute Gasteiger partial charge is 0.394 e. The maximum Gasteiger partial charge on any atom is 0.192 e. The highest BCUT2D eigenvalue weighted by Crippen LogP contribution is 2.37. The van der Waals surface area contributed by atoms with Crippen molar-refractivity contribution in [2.24, 2.45) is 0 Å². The summed E-state index contributed by atoms with van der Waals surface area (Å²) in [6, 6.07) is 9.19. The molecule has 31 heavy (non-hydrogen) atoms. The summed E-state index contributed by atoms with van der Waals surface area (Å²) < 4.78 is 16.2. The molecular weight excluding hydrogens is 416 g/mol. The van der Waals surface area contributed by atoms with Crippen molar-refractivity contribution >= 4 is 0 Å². The molecule has 0 amide bonds. The van der Waals surface area contributed by atoms with Crippen LogP contribution in [0.5, 0.6) is 0 Å². The van der Waals surface area contributed by atoms with Gasteiger partial charge in [-0.3, -0.25) is 0 Å². The summed E-state index contributed by atoms with van der Waals surface area (Å²) in [6.45, 7) is -1.16. The van der Waals surface area contributed by atoms with E-state index in [1.807, 2.05) is 30.3 Å². The van der Waals surface area contributed by atoms with Crippen LogP contribution in [-0.4, -0.2) is 121 Å². The maximum absolute atomic E-state index is 11.2. The molecule has 8 N–H and O–H groups in total. The molecule has 2 aliphatic heterocycles. The Hall–Kier alpha value is -1.22. The molecule has 0 aromatic heterocycles. The van der Waals surface area contributed by atoms with Crippen molar-refractivity contribution in [2.75, 3.05) is 19.8 Å². The highest BCUT2D eigenvalue weighted by Gasteiger charge is 2.62. The Morgan fingerprint density at radius 1 is 1.03 bits per heavy atom. The summed E-state index contributed by atoms with van der Waals surface area (Å²) in [5.41, 5.74) is -1.79. The first kappa shape index (κ1) is 24.4. The lowest BCUT2D eigenvalue weighted by Gasteiger charge is -2.52. The van der Waals surface area contributed by atoms with E-state index in [9.17, 15) is 40.9 Å². The summed E-state index contributed by atoms with van der Waals surface area (Å²) in [5, 5.41) is 82.1. The van der Waals surface area contributed by atoms with Crippen LogP contribution in [-0.2, 0) is 20.6 Å². The Morgan fingerprint density at radius 2 is 1.71 bits per heavy atom. The van der Waals surface area contributed by atoms with E-state index >= 15 is 0 Å². The van der Waals surface area contributed by atoms with E-state index in [-0.39, 0.29) is 6.61 Å². The molecule has 0 aliphatic carbocycles. The van der Waals surface area contributed by atoms with Gasteiger partial charge in [-0.15, -0.1) is 0 Å². The molecule has 0 spiro atoms. The molecule has 0 radical (unpaired) electrons. The molecule has 2 heterocycles. The molecule has 2 aliphatic rings. The lowest BCUT2D eigenvalue weighted by molar-refractivity contribution is -0.373. The lowest BCUT2D eigenvalue weighted by Crippen LogP contribution is -2.75. The van der Waals surface area contributed by atoms with E-state index in [2.05, 4.69) is 0 Å². The second-order valence-corrected chi connectivity index (χ2v) is 7.91. The quantitative estimate of drug-likeness (QED) is 0.205. The zero-order valence-corrected chi connectivity index (χ0v) is 16.7. The van der Waals surface area contributed by atoms with Gasteiger partial charge in [0, 0.05) is 0 Å². The van der Waals surface area contributed by atoms with Crippen LogP contribution in [0, 0.1) is 0 Å². The zero-order chi connectivity index (χ0) is 22.8. The van der Waals surface area contributed by atoms with Gasteiger partial charge in [-0.2, -0.15) is 0 Å². The maximum atomic E-state index is 11.2. The number of aliphatic hydroxyl groups is 8. The molecule has 11 nitrogen and oxygen atoms in total. The van der Waals surface area contributed by atoms with E-state index in [1.165, 1.54) is 0 Å². The standard InChI is InChI=1S/C20H30O11/c21-8-12-14(24)17(26)20(28,18(27)16-15(25)13(23)11(22)9-30-16)19(31-12)29-7-6-10-4-2-1-3-5-10/h1-5,11-19,21-28H,6-9H2/t11-,12+,13+,14+,15-,16-,17-,18?,19-,20-/m0/s1. The average Bonchev–Trinajstić information content (AvgIpc) is 2.78. The minimum atomic E-state index is -2.70. The fourth-order valence-corrected chi connectivity index (χ4v) is 3.90. The van der Waals surface area contributed by atoms with Crippen LogP contribution in [0.2, 0.25) is 0 Å². The average molecular weight is 446 g/mol. The molecule has 0 saturated carbocycles. The summed E-state index contributed by atoms with van der Waals surface area (Å²) in [7, 11) is 0. The van der Waals surface area contributed by atoms with Crippen LogP contribution in [0.15, 0.2) is 30.3 Å². The number of hydrogen-bond acceptors (Lipinski definition) is 11. The molecule has 176 valence electrons. The van der Waals surface area contributed by atoms with E-state index in [1.54, 1.807) is 0 Å². The Bertz CT molecular complexity index is 691. The van der Waals surface area contributed by atoms with Crippen molar-refractivity contribution < 1.29 is 55.1 Å². The van der Waals surface area contributed by atoms with E-state index in [4.69, 9.17) is 14.2 Å². The topological polar surface area (TPSA) is 190 Å². The second-order valence-electron chi connectivity index (χ2n) is 7.91. The summed E-state index contributed by atoms with van der Waals surface area (Å²) >= 11 is 0. The third-order valence-corrected chi connectivity index (χ3v) is 5.86. The smallest absolute Gasteiger partial charge is 0.192 e.